The van der Waals surface area contributed by atoms with E-state index in [0.717, 1.165) is 13.0 Å². The van der Waals surface area contributed by atoms with E-state index >= 15 is 0 Å². The lowest BCUT2D eigenvalue weighted by atomic mass is 10.1. The van der Waals surface area contributed by atoms with Gasteiger partial charge >= 0.3 is 5.97 Å². The van der Waals surface area contributed by atoms with E-state index in [1.54, 1.807) is 0 Å². The van der Waals surface area contributed by atoms with Gasteiger partial charge < -0.3 is 10.4 Å². The number of nitrogens with one attached hydrogen (secondary N) is 1. The predicted molar refractivity (Wildman–Crippen MR) is 48.6 cm³/mol. The van der Waals surface area contributed by atoms with E-state index in [9.17, 15) is 4.79 Å². The van der Waals surface area contributed by atoms with Crippen LogP contribution < -0.4 is 5.32 Å². The minimum atomic E-state index is -0.753. The first-order valence-electron chi connectivity index (χ1n) is 4.96. The van der Waals surface area contributed by atoms with Crippen molar-refractivity contribution in [3.8, 4) is 0 Å². The third-order valence-electron chi connectivity index (χ3n) is 3.12. The summed E-state index contributed by atoms with van der Waals surface area (Å²) in [7, 11) is 0. The molecule has 2 heterocycles. The fraction of sp³-hybridized carbons (Fsp3) is 0.889. The highest BCUT2D eigenvalue weighted by atomic mass is 16.4. The molecule has 0 aromatic heterocycles. The molecule has 2 aliphatic rings. The number of aliphatic carboxylic acids is 1. The van der Waals surface area contributed by atoms with Crippen molar-refractivity contribution in [3.63, 3.8) is 0 Å². The van der Waals surface area contributed by atoms with Crippen LogP contribution in [-0.4, -0.2) is 47.7 Å². The van der Waals surface area contributed by atoms with E-state index in [0.29, 0.717) is 12.1 Å². The fourth-order valence-electron chi connectivity index (χ4n) is 2.54. The number of fused-ring (bicyclic) bond motifs is 1. The van der Waals surface area contributed by atoms with Crippen molar-refractivity contribution < 1.29 is 9.90 Å². The normalized spacial score (nSPS) is 33.5. The quantitative estimate of drug-likeness (QED) is 0.643. The Balaban J connectivity index is 1.83. The molecular formula is C9H16N2O2. The van der Waals surface area contributed by atoms with E-state index in [-0.39, 0.29) is 6.54 Å². The molecule has 74 valence electrons. The van der Waals surface area contributed by atoms with Crippen LogP contribution in [0.4, 0.5) is 0 Å². The third kappa shape index (κ3) is 1.84. The number of hydrogen-bond acceptors (Lipinski definition) is 3. The van der Waals surface area contributed by atoms with Crippen LogP contribution in [-0.2, 0) is 4.79 Å². The molecule has 0 radical (unpaired) electrons. The van der Waals surface area contributed by atoms with Crippen LogP contribution in [0.15, 0.2) is 0 Å². The van der Waals surface area contributed by atoms with Gasteiger partial charge in [0.15, 0.2) is 0 Å². The highest BCUT2D eigenvalue weighted by molar-refractivity contribution is 5.69. The molecule has 0 spiro atoms. The average molecular weight is 184 g/mol. The van der Waals surface area contributed by atoms with Gasteiger partial charge in [0.1, 0.15) is 0 Å². The summed E-state index contributed by atoms with van der Waals surface area (Å²) in [6.45, 7) is 2.45. The lowest BCUT2D eigenvalue weighted by Crippen LogP contribution is -2.41. The zero-order chi connectivity index (χ0) is 9.26. The summed E-state index contributed by atoms with van der Waals surface area (Å²) >= 11 is 0. The molecule has 0 aromatic rings. The van der Waals surface area contributed by atoms with Crippen molar-refractivity contribution >= 4 is 5.97 Å². The molecule has 0 saturated carbocycles. The van der Waals surface area contributed by atoms with Crippen LogP contribution in [0.25, 0.3) is 0 Å². The molecule has 4 heteroatoms. The SMILES string of the molecule is O=C(O)CNC1CCN2CCCC12. The van der Waals surface area contributed by atoms with Crippen LogP contribution in [0.5, 0.6) is 0 Å². The van der Waals surface area contributed by atoms with Gasteiger partial charge in [-0.3, -0.25) is 9.69 Å². The number of rotatable bonds is 3. The van der Waals surface area contributed by atoms with Gasteiger partial charge in [-0.15, -0.1) is 0 Å². The van der Waals surface area contributed by atoms with Gasteiger partial charge in [0.25, 0.3) is 0 Å². The molecule has 2 unspecified atom stereocenters. The number of carbonyl (C=O) groups is 1. The lowest BCUT2D eigenvalue weighted by Gasteiger charge is -2.20. The Morgan fingerprint density at radius 3 is 3.08 bits per heavy atom. The Bertz CT molecular complexity index is 208. The highest BCUT2D eigenvalue weighted by Gasteiger charge is 2.36. The van der Waals surface area contributed by atoms with Crippen LogP contribution in [0.2, 0.25) is 0 Å². The maximum absolute atomic E-state index is 10.4. The van der Waals surface area contributed by atoms with Gasteiger partial charge in [0, 0.05) is 18.6 Å². The maximum Gasteiger partial charge on any atom is 0.317 e. The molecular weight excluding hydrogens is 168 g/mol. The summed E-state index contributed by atoms with van der Waals surface area (Å²) in [5.41, 5.74) is 0. The van der Waals surface area contributed by atoms with Crippen molar-refractivity contribution in [2.75, 3.05) is 19.6 Å². The predicted octanol–water partition coefficient (Wildman–Crippen LogP) is -0.103. The maximum atomic E-state index is 10.4. The zero-order valence-corrected chi connectivity index (χ0v) is 7.70. The smallest absolute Gasteiger partial charge is 0.317 e. The van der Waals surface area contributed by atoms with Crippen molar-refractivity contribution in [2.45, 2.75) is 31.3 Å². The van der Waals surface area contributed by atoms with Crippen molar-refractivity contribution in [1.29, 1.82) is 0 Å². The topological polar surface area (TPSA) is 52.6 Å². The molecule has 0 aliphatic carbocycles. The third-order valence-corrected chi connectivity index (χ3v) is 3.12. The summed E-state index contributed by atoms with van der Waals surface area (Å²) in [5.74, 6) is -0.753. The molecule has 4 nitrogen and oxygen atoms in total. The number of carboxylic acid groups (broad SMARTS) is 1. The summed E-state index contributed by atoms with van der Waals surface area (Å²) in [6.07, 6.45) is 3.62. The molecule has 2 rings (SSSR count). The van der Waals surface area contributed by atoms with Gasteiger partial charge in [-0.05, 0) is 25.8 Å². The molecule has 13 heavy (non-hydrogen) atoms. The molecule has 2 atom stereocenters. The van der Waals surface area contributed by atoms with Crippen LogP contribution in [0.3, 0.4) is 0 Å². The molecule has 2 saturated heterocycles. The van der Waals surface area contributed by atoms with E-state index in [4.69, 9.17) is 5.11 Å². The second-order valence-electron chi connectivity index (χ2n) is 3.92. The second-order valence-corrected chi connectivity index (χ2v) is 3.92. The molecule has 2 fully saturated rings. The Hall–Kier alpha value is -0.610. The summed E-state index contributed by atoms with van der Waals surface area (Å²) in [5, 5.41) is 11.6. The Morgan fingerprint density at radius 2 is 2.31 bits per heavy atom. The van der Waals surface area contributed by atoms with Crippen molar-refractivity contribution in [3.05, 3.63) is 0 Å². The number of hydrogen-bond donors (Lipinski definition) is 2. The number of carboxylic acids is 1. The Labute approximate surface area is 77.9 Å². The van der Waals surface area contributed by atoms with Gasteiger partial charge in [-0.2, -0.15) is 0 Å². The van der Waals surface area contributed by atoms with E-state index < -0.39 is 5.97 Å². The van der Waals surface area contributed by atoms with E-state index in [1.807, 2.05) is 0 Å². The van der Waals surface area contributed by atoms with Gasteiger partial charge in [-0.25, -0.2) is 0 Å². The molecule has 0 amide bonds. The van der Waals surface area contributed by atoms with Crippen molar-refractivity contribution in [2.24, 2.45) is 0 Å². The zero-order valence-electron chi connectivity index (χ0n) is 7.70. The summed E-state index contributed by atoms with van der Waals surface area (Å²) in [6, 6.07) is 1.03. The molecule has 2 N–H and O–H groups in total. The van der Waals surface area contributed by atoms with Gasteiger partial charge in [0.2, 0.25) is 0 Å². The minimum Gasteiger partial charge on any atom is -0.480 e. The summed E-state index contributed by atoms with van der Waals surface area (Å²) < 4.78 is 0. The molecule has 0 aromatic carbocycles. The highest BCUT2D eigenvalue weighted by Crippen LogP contribution is 2.27. The lowest BCUT2D eigenvalue weighted by molar-refractivity contribution is -0.136. The minimum absolute atomic E-state index is 0.106. The van der Waals surface area contributed by atoms with Gasteiger partial charge in [0.05, 0.1) is 6.54 Å². The first kappa shape index (κ1) is 8.97. The Morgan fingerprint density at radius 1 is 1.46 bits per heavy atom. The Kier molecular flexibility index (Phi) is 2.51. The number of nitrogens with zero attached hydrogens (tertiary/aromatic N) is 1. The summed E-state index contributed by atoms with van der Waals surface area (Å²) in [4.78, 5) is 12.8. The molecule has 0 bridgehead atoms. The first-order valence-corrected chi connectivity index (χ1v) is 4.96. The molecule has 2 aliphatic heterocycles. The standard InChI is InChI=1S/C9H16N2O2/c12-9(13)6-10-7-3-5-11-4-1-2-8(7)11/h7-8,10H,1-6H2,(H,12,13). The van der Waals surface area contributed by atoms with Crippen molar-refractivity contribution in [1.82, 2.24) is 10.2 Å². The average Bonchev–Trinajstić information content (AvgIpc) is 2.60. The first-order chi connectivity index (χ1) is 6.27. The van der Waals surface area contributed by atoms with E-state index in [1.165, 1.54) is 19.4 Å². The fourth-order valence-corrected chi connectivity index (χ4v) is 2.54. The van der Waals surface area contributed by atoms with Crippen LogP contribution in [0.1, 0.15) is 19.3 Å². The largest absolute Gasteiger partial charge is 0.480 e. The second kappa shape index (κ2) is 3.64. The van der Waals surface area contributed by atoms with Gasteiger partial charge in [-0.1, -0.05) is 0 Å². The monoisotopic (exact) mass is 184 g/mol. The van der Waals surface area contributed by atoms with Crippen LogP contribution >= 0.6 is 0 Å². The van der Waals surface area contributed by atoms with Crippen LogP contribution in [0, 0.1) is 0 Å². The van der Waals surface area contributed by atoms with E-state index in [2.05, 4.69) is 10.2 Å².